The van der Waals surface area contributed by atoms with Gasteiger partial charge in [-0.05, 0) is 24.3 Å². The van der Waals surface area contributed by atoms with Gasteiger partial charge in [0.25, 0.3) is 0 Å². The highest BCUT2D eigenvalue weighted by molar-refractivity contribution is 6.44. The second kappa shape index (κ2) is 6.00. The maximum atomic E-state index is 6.19. The largest absolute Gasteiger partial charge is 0.378 e. The van der Waals surface area contributed by atoms with Crippen molar-refractivity contribution < 1.29 is 4.74 Å². The number of ether oxygens (including phenoxy) is 1. The molecule has 1 fully saturated rings. The van der Waals surface area contributed by atoms with Gasteiger partial charge in [-0.2, -0.15) is 0 Å². The third kappa shape index (κ3) is 2.76. The van der Waals surface area contributed by atoms with E-state index in [-0.39, 0.29) is 0 Å². The highest BCUT2D eigenvalue weighted by atomic mass is 35.5. The van der Waals surface area contributed by atoms with E-state index in [0.29, 0.717) is 21.2 Å². The summed E-state index contributed by atoms with van der Waals surface area (Å²) in [5.41, 5.74) is 3.39. The van der Waals surface area contributed by atoms with Crippen LogP contribution < -0.4 is 4.90 Å². The molecule has 5 nitrogen and oxygen atoms in total. The molecule has 0 spiro atoms. The van der Waals surface area contributed by atoms with Gasteiger partial charge in [0, 0.05) is 30.5 Å². The molecule has 1 aliphatic heterocycles. The summed E-state index contributed by atoms with van der Waals surface area (Å²) in [6, 6.07) is 8.27. The Bertz CT molecular complexity index is 841. The fourth-order valence-electron chi connectivity index (χ4n) is 2.69. The molecule has 1 N–H and O–H groups in total. The van der Waals surface area contributed by atoms with E-state index in [9.17, 15) is 0 Å². The zero-order chi connectivity index (χ0) is 15.8. The van der Waals surface area contributed by atoms with Crippen LogP contribution in [0.25, 0.3) is 22.6 Å². The van der Waals surface area contributed by atoms with E-state index in [2.05, 4.69) is 32.0 Å². The first-order chi connectivity index (χ1) is 11.2. The van der Waals surface area contributed by atoms with E-state index in [1.807, 2.05) is 12.1 Å². The van der Waals surface area contributed by atoms with Crippen LogP contribution in [-0.4, -0.2) is 41.3 Å². The highest BCUT2D eigenvalue weighted by Crippen LogP contribution is 2.30. The molecule has 4 rings (SSSR count). The van der Waals surface area contributed by atoms with Gasteiger partial charge in [0.2, 0.25) is 0 Å². The van der Waals surface area contributed by atoms with Crippen molar-refractivity contribution >= 4 is 40.1 Å². The predicted octanol–water partition coefficient (Wildman–Crippen LogP) is 3.77. The van der Waals surface area contributed by atoms with E-state index in [4.69, 9.17) is 27.9 Å². The standard InChI is InChI=1S/C16H14Cl2N4O/c17-12-9-19-16-14(13(12)18)20-15(21-16)10-1-3-11(4-2-10)22-5-7-23-8-6-22/h1-4,9H,5-8H2,(H,19,20,21). The van der Waals surface area contributed by atoms with Crippen LogP contribution in [0, 0.1) is 0 Å². The van der Waals surface area contributed by atoms with Crippen molar-refractivity contribution in [1.82, 2.24) is 15.0 Å². The summed E-state index contributed by atoms with van der Waals surface area (Å²) in [5, 5.41) is 0.859. The minimum Gasteiger partial charge on any atom is -0.378 e. The first-order valence-corrected chi connectivity index (χ1v) is 8.11. The molecule has 0 bridgehead atoms. The average Bonchev–Trinajstić information content (AvgIpc) is 3.04. The predicted molar refractivity (Wildman–Crippen MR) is 92.4 cm³/mol. The number of morpholine rings is 1. The number of nitrogens with one attached hydrogen (secondary N) is 1. The average molecular weight is 349 g/mol. The van der Waals surface area contributed by atoms with Gasteiger partial charge < -0.3 is 14.6 Å². The minimum absolute atomic E-state index is 0.414. The summed E-state index contributed by atoms with van der Waals surface area (Å²) >= 11 is 12.2. The van der Waals surface area contributed by atoms with Crippen LogP contribution >= 0.6 is 23.2 Å². The molecule has 1 aromatic carbocycles. The molecule has 7 heteroatoms. The Balaban J connectivity index is 1.66. The molecule has 2 aromatic heterocycles. The van der Waals surface area contributed by atoms with Crippen LogP contribution in [0.15, 0.2) is 30.5 Å². The number of fused-ring (bicyclic) bond motifs is 1. The minimum atomic E-state index is 0.414. The van der Waals surface area contributed by atoms with Crippen LogP contribution in [0.1, 0.15) is 0 Å². The molecule has 1 saturated heterocycles. The summed E-state index contributed by atoms with van der Waals surface area (Å²) < 4.78 is 5.38. The van der Waals surface area contributed by atoms with E-state index in [1.54, 1.807) is 0 Å². The van der Waals surface area contributed by atoms with Gasteiger partial charge in [0.15, 0.2) is 5.65 Å². The molecular weight excluding hydrogens is 335 g/mol. The van der Waals surface area contributed by atoms with Gasteiger partial charge in [0.1, 0.15) is 11.3 Å². The van der Waals surface area contributed by atoms with E-state index in [0.717, 1.165) is 37.7 Å². The first kappa shape index (κ1) is 14.8. The van der Waals surface area contributed by atoms with Crippen LogP contribution in [-0.2, 0) is 4.74 Å². The van der Waals surface area contributed by atoms with Gasteiger partial charge >= 0.3 is 0 Å². The molecular formula is C16H14Cl2N4O. The molecule has 0 saturated carbocycles. The maximum Gasteiger partial charge on any atom is 0.179 e. The topological polar surface area (TPSA) is 54.0 Å². The number of halogens is 2. The van der Waals surface area contributed by atoms with Crippen molar-refractivity contribution in [2.24, 2.45) is 0 Å². The smallest absolute Gasteiger partial charge is 0.179 e. The second-order valence-corrected chi connectivity index (χ2v) is 6.14. The molecule has 0 amide bonds. The van der Waals surface area contributed by atoms with Gasteiger partial charge in [-0.15, -0.1) is 0 Å². The number of aromatic nitrogens is 3. The van der Waals surface area contributed by atoms with Gasteiger partial charge in [-0.1, -0.05) is 23.2 Å². The van der Waals surface area contributed by atoms with Crippen molar-refractivity contribution in [2.75, 3.05) is 31.2 Å². The fraction of sp³-hybridized carbons (Fsp3) is 0.250. The summed E-state index contributed by atoms with van der Waals surface area (Å²) in [6.07, 6.45) is 1.51. The number of imidazole rings is 1. The van der Waals surface area contributed by atoms with E-state index >= 15 is 0 Å². The van der Waals surface area contributed by atoms with Crippen molar-refractivity contribution in [3.05, 3.63) is 40.5 Å². The fourth-order valence-corrected chi connectivity index (χ4v) is 3.02. The lowest BCUT2D eigenvalue weighted by Gasteiger charge is -2.28. The van der Waals surface area contributed by atoms with Crippen LogP contribution in [0.3, 0.4) is 0 Å². The van der Waals surface area contributed by atoms with Gasteiger partial charge in [-0.3, -0.25) is 0 Å². The van der Waals surface area contributed by atoms with E-state index < -0.39 is 0 Å². The first-order valence-electron chi connectivity index (χ1n) is 7.35. The van der Waals surface area contributed by atoms with Crippen LogP contribution in [0.2, 0.25) is 10.0 Å². The molecule has 0 atom stereocenters. The zero-order valence-electron chi connectivity index (χ0n) is 12.2. The van der Waals surface area contributed by atoms with Gasteiger partial charge in [-0.25, -0.2) is 9.97 Å². The molecule has 0 aliphatic carbocycles. The number of benzene rings is 1. The van der Waals surface area contributed by atoms with Gasteiger partial charge in [0.05, 0.1) is 23.3 Å². The normalized spacial score (nSPS) is 15.3. The Kier molecular flexibility index (Phi) is 3.85. The maximum absolute atomic E-state index is 6.19. The summed E-state index contributed by atoms with van der Waals surface area (Å²) in [4.78, 5) is 14.2. The summed E-state index contributed by atoms with van der Waals surface area (Å²) in [6.45, 7) is 3.39. The molecule has 118 valence electrons. The van der Waals surface area contributed by atoms with Crippen molar-refractivity contribution in [3.63, 3.8) is 0 Å². The monoisotopic (exact) mass is 348 g/mol. The molecule has 3 heterocycles. The second-order valence-electron chi connectivity index (χ2n) is 5.35. The van der Waals surface area contributed by atoms with Crippen molar-refractivity contribution in [3.8, 4) is 11.4 Å². The lowest BCUT2D eigenvalue weighted by atomic mass is 10.2. The number of hydrogen-bond donors (Lipinski definition) is 1. The Morgan fingerprint density at radius 2 is 1.83 bits per heavy atom. The zero-order valence-corrected chi connectivity index (χ0v) is 13.7. The number of aromatic amines is 1. The lowest BCUT2D eigenvalue weighted by Crippen LogP contribution is -2.36. The SMILES string of the molecule is Clc1cnc2nc(-c3ccc(N4CCOCC4)cc3)[nH]c2c1Cl. The molecule has 0 unspecified atom stereocenters. The lowest BCUT2D eigenvalue weighted by molar-refractivity contribution is 0.122. The Morgan fingerprint density at radius 1 is 1.09 bits per heavy atom. The Morgan fingerprint density at radius 3 is 2.57 bits per heavy atom. The number of H-pyrrole nitrogens is 1. The number of anilines is 1. The number of nitrogens with zero attached hydrogens (tertiary/aromatic N) is 3. The molecule has 1 aliphatic rings. The van der Waals surface area contributed by atoms with Crippen LogP contribution in [0.4, 0.5) is 5.69 Å². The third-order valence-electron chi connectivity index (χ3n) is 3.93. The number of hydrogen-bond acceptors (Lipinski definition) is 4. The number of pyridine rings is 1. The quantitative estimate of drug-likeness (QED) is 0.765. The molecule has 3 aromatic rings. The Labute approximate surface area is 143 Å². The van der Waals surface area contributed by atoms with Crippen molar-refractivity contribution in [1.29, 1.82) is 0 Å². The third-order valence-corrected chi connectivity index (χ3v) is 4.71. The molecule has 23 heavy (non-hydrogen) atoms. The highest BCUT2D eigenvalue weighted by Gasteiger charge is 2.13. The molecule has 0 radical (unpaired) electrons. The number of rotatable bonds is 2. The van der Waals surface area contributed by atoms with Crippen molar-refractivity contribution in [2.45, 2.75) is 0 Å². The van der Waals surface area contributed by atoms with E-state index in [1.165, 1.54) is 11.9 Å². The summed E-state index contributed by atoms with van der Waals surface area (Å²) in [5.74, 6) is 0.727. The van der Waals surface area contributed by atoms with Crippen LogP contribution in [0.5, 0.6) is 0 Å². The Hall–Kier alpha value is -1.82. The summed E-state index contributed by atoms with van der Waals surface area (Å²) in [7, 11) is 0.